The Morgan fingerprint density at radius 2 is 1.89 bits per heavy atom. The molecule has 0 bridgehead atoms. The molecule has 5 rings (SSSR count). The van der Waals surface area contributed by atoms with Gasteiger partial charge in [0.15, 0.2) is 11.5 Å². The van der Waals surface area contributed by atoms with E-state index in [0.29, 0.717) is 22.1 Å². The number of methoxy groups -OCH3 is 1. The molecule has 0 saturated heterocycles. The van der Waals surface area contributed by atoms with Gasteiger partial charge in [-0.1, -0.05) is 41.9 Å². The Labute approximate surface area is 222 Å². The normalized spacial score (nSPS) is 34.6. The summed E-state index contributed by atoms with van der Waals surface area (Å²) in [5.74, 6) is 0.668. The summed E-state index contributed by atoms with van der Waals surface area (Å²) in [5.41, 5.74) is -0.538. The van der Waals surface area contributed by atoms with E-state index in [1.165, 1.54) is 31.9 Å². The average molecular weight is 607 g/mol. The molecule has 1 aliphatic heterocycles. The van der Waals surface area contributed by atoms with Gasteiger partial charge in [-0.25, -0.2) is 4.79 Å². The molecule has 3 aliphatic carbocycles. The number of hydrogen-bond donors (Lipinski definition) is 0. The van der Waals surface area contributed by atoms with E-state index in [9.17, 15) is 9.59 Å². The number of nitrogens with zero attached hydrogens (tertiary/aromatic N) is 1. The molecule has 35 heavy (non-hydrogen) atoms. The predicted molar refractivity (Wildman–Crippen MR) is 139 cm³/mol. The Morgan fingerprint density at radius 3 is 2.63 bits per heavy atom. The Bertz CT molecular complexity index is 1130. The van der Waals surface area contributed by atoms with E-state index in [4.69, 9.17) is 14.3 Å². The summed E-state index contributed by atoms with van der Waals surface area (Å²) in [6.07, 6.45) is 8.10. The molecule has 0 unspecified atom stereocenters. The summed E-state index contributed by atoms with van der Waals surface area (Å²) in [6, 6.07) is 10.6. The summed E-state index contributed by atoms with van der Waals surface area (Å²) in [6.45, 7) is 2.08. The summed E-state index contributed by atoms with van der Waals surface area (Å²) >= 11 is 6.73. The van der Waals surface area contributed by atoms with Crippen LogP contribution in [-0.2, 0) is 23.9 Å². The van der Waals surface area contributed by atoms with Crippen molar-refractivity contribution in [2.45, 2.75) is 69.0 Å². The van der Waals surface area contributed by atoms with E-state index in [-0.39, 0.29) is 28.3 Å². The van der Waals surface area contributed by atoms with Crippen molar-refractivity contribution in [3.8, 4) is 0 Å². The zero-order chi connectivity index (χ0) is 24.8. The highest BCUT2D eigenvalue weighted by Crippen LogP contribution is 2.54. The molecule has 8 heteroatoms. The first kappa shape index (κ1) is 24.8. The van der Waals surface area contributed by atoms with Crippen LogP contribution < -0.4 is 0 Å². The van der Waals surface area contributed by atoms with Crippen LogP contribution in [0.1, 0.15) is 63.4 Å². The highest BCUT2D eigenvalue weighted by atomic mass is 79.9. The fourth-order valence-corrected chi connectivity index (χ4v) is 8.26. The van der Waals surface area contributed by atoms with Crippen LogP contribution in [0.3, 0.4) is 0 Å². The fourth-order valence-electron chi connectivity index (χ4n) is 6.56. The maximum Gasteiger partial charge on any atom is 0.356 e. The Morgan fingerprint density at radius 1 is 1.14 bits per heavy atom. The van der Waals surface area contributed by atoms with E-state index < -0.39 is 17.2 Å². The number of fused-ring (bicyclic) bond motifs is 1. The van der Waals surface area contributed by atoms with Gasteiger partial charge in [0.2, 0.25) is 11.4 Å². The van der Waals surface area contributed by atoms with E-state index >= 15 is 0 Å². The van der Waals surface area contributed by atoms with Gasteiger partial charge >= 0.3 is 5.97 Å². The van der Waals surface area contributed by atoms with E-state index in [1.807, 2.05) is 6.07 Å². The molecule has 0 amide bonds. The van der Waals surface area contributed by atoms with Gasteiger partial charge in [0, 0.05) is 5.92 Å². The van der Waals surface area contributed by atoms with E-state index in [1.54, 1.807) is 6.08 Å². The van der Waals surface area contributed by atoms with Crippen LogP contribution in [0, 0.1) is 11.8 Å². The van der Waals surface area contributed by atoms with Gasteiger partial charge in [0.05, 0.1) is 18.0 Å². The van der Waals surface area contributed by atoms with Crippen molar-refractivity contribution in [3.05, 3.63) is 56.7 Å². The minimum atomic E-state index is -1.39. The molecule has 1 heterocycles. The number of carbonyl (C=O) groups is 2. The summed E-state index contributed by atoms with van der Waals surface area (Å²) in [4.78, 5) is 32.1. The second-order valence-corrected chi connectivity index (χ2v) is 11.8. The van der Waals surface area contributed by atoms with Crippen LogP contribution in [-0.4, -0.2) is 35.8 Å². The number of benzene rings is 1. The summed E-state index contributed by atoms with van der Waals surface area (Å²) in [7, 11) is 1.48. The molecule has 1 aromatic rings. The van der Waals surface area contributed by atoms with Crippen LogP contribution in [0.4, 0.5) is 0 Å². The lowest BCUT2D eigenvalue weighted by molar-refractivity contribution is -0.167. The molecule has 0 radical (unpaired) electrons. The van der Waals surface area contributed by atoms with E-state index in [0.717, 1.165) is 19.3 Å². The highest BCUT2D eigenvalue weighted by molar-refractivity contribution is 9.12. The van der Waals surface area contributed by atoms with Crippen molar-refractivity contribution in [3.63, 3.8) is 0 Å². The van der Waals surface area contributed by atoms with Gasteiger partial charge in [-0.3, -0.25) is 4.79 Å². The molecule has 4 aliphatic rings. The molecule has 0 aromatic heterocycles. The summed E-state index contributed by atoms with van der Waals surface area (Å²) < 4.78 is 12.4. The van der Waals surface area contributed by atoms with Gasteiger partial charge in [-0.15, -0.1) is 0 Å². The van der Waals surface area contributed by atoms with Crippen molar-refractivity contribution in [2.75, 3.05) is 7.11 Å². The lowest BCUT2D eigenvalue weighted by atomic mass is 9.58. The van der Waals surface area contributed by atoms with Gasteiger partial charge in [0.25, 0.3) is 0 Å². The van der Waals surface area contributed by atoms with Crippen LogP contribution in [0.25, 0.3) is 0 Å². The monoisotopic (exact) mass is 605 g/mol. The molecule has 5 atom stereocenters. The molecule has 1 aromatic carbocycles. The third-order valence-corrected chi connectivity index (χ3v) is 9.40. The molecule has 2 fully saturated rings. The Balaban J connectivity index is 1.37. The third-order valence-electron chi connectivity index (χ3n) is 8.09. The van der Waals surface area contributed by atoms with E-state index in [2.05, 4.69) is 68.2 Å². The molecule has 2 saturated carbocycles. The number of Topliss-reactive ketones (excluding diaryl/α,β-unsaturated/α-hetero) is 1. The Hall–Kier alpha value is -1.93. The average Bonchev–Trinajstić information content (AvgIpc) is 3.28. The summed E-state index contributed by atoms with van der Waals surface area (Å²) in [5, 5.41) is 4.03. The molecular formula is C27H29Br2NO5. The number of rotatable bonds is 4. The fraction of sp³-hybridized carbons (Fsp3) is 0.519. The number of ketones is 1. The number of oxime groups is 1. The topological polar surface area (TPSA) is 74.2 Å². The van der Waals surface area contributed by atoms with Crippen molar-refractivity contribution in [2.24, 2.45) is 17.0 Å². The van der Waals surface area contributed by atoms with Crippen molar-refractivity contribution in [1.82, 2.24) is 0 Å². The zero-order valence-electron chi connectivity index (χ0n) is 19.9. The second-order valence-electron chi connectivity index (χ2n) is 10.2. The molecule has 186 valence electrons. The number of ether oxygens (including phenoxy) is 2. The molecule has 6 nitrogen and oxygen atoms in total. The van der Waals surface area contributed by atoms with Crippen LogP contribution in [0.15, 0.2) is 56.3 Å². The van der Waals surface area contributed by atoms with Crippen LogP contribution >= 0.6 is 31.9 Å². The molecule has 0 N–H and O–H groups in total. The maximum absolute atomic E-state index is 13.4. The van der Waals surface area contributed by atoms with Gasteiger partial charge in [0.1, 0.15) is 10.1 Å². The van der Waals surface area contributed by atoms with Crippen molar-refractivity contribution >= 4 is 49.3 Å². The number of carbonyl (C=O) groups excluding carboxylic acids is 2. The first-order valence-corrected chi connectivity index (χ1v) is 13.8. The highest BCUT2D eigenvalue weighted by Gasteiger charge is 2.54. The van der Waals surface area contributed by atoms with Gasteiger partial charge in [-0.2, -0.15) is 0 Å². The first-order chi connectivity index (χ1) is 16.8. The van der Waals surface area contributed by atoms with Gasteiger partial charge in [-0.05, 0) is 94.4 Å². The smallest absolute Gasteiger partial charge is 0.356 e. The number of hydrogen-bond acceptors (Lipinski definition) is 6. The third kappa shape index (κ3) is 4.31. The molecule has 1 spiro atoms. The lowest BCUT2D eigenvalue weighted by Crippen LogP contribution is -2.51. The Kier molecular flexibility index (Phi) is 6.72. The number of allylic oxidation sites excluding steroid dienone is 1. The SMILES string of the molecule is COC1=C(Br)C(=O)[C@@]2(C=C1Br)CC(C(=O)O[C@@]1(C)CCC[C@H]3CCC[C@@H](c4ccccc4)[C@@H]31)=NO2. The zero-order valence-corrected chi connectivity index (χ0v) is 23.1. The first-order valence-electron chi connectivity index (χ1n) is 12.2. The standard InChI is InChI=1S/C27H29Br2NO5/c1-26(13-7-11-17-10-6-12-18(21(17)26)16-8-4-3-5-9-16)34-25(32)20-15-27(35-30-20)14-19(28)23(33-2)22(29)24(27)31/h3-5,8-9,14,17-18,21H,6-7,10-13,15H2,1-2H3/t17-,18+,21-,26+,27-/m1/s1. The lowest BCUT2D eigenvalue weighted by Gasteiger charge is -2.51. The minimum absolute atomic E-state index is 0.0121. The van der Waals surface area contributed by atoms with Crippen LogP contribution in [0.2, 0.25) is 0 Å². The van der Waals surface area contributed by atoms with Crippen molar-refractivity contribution in [1.29, 1.82) is 0 Å². The predicted octanol–water partition coefficient (Wildman–Crippen LogP) is 6.30. The quantitative estimate of drug-likeness (QED) is 0.376. The minimum Gasteiger partial charge on any atom is -0.494 e. The number of halogens is 2. The second kappa shape index (κ2) is 9.51. The largest absolute Gasteiger partial charge is 0.494 e. The van der Waals surface area contributed by atoms with Crippen molar-refractivity contribution < 1.29 is 23.9 Å². The molecular weight excluding hydrogens is 578 g/mol. The maximum atomic E-state index is 13.4. The van der Waals surface area contributed by atoms with Crippen LogP contribution in [0.5, 0.6) is 0 Å². The van der Waals surface area contributed by atoms with Gasteiger partial charge < -0.3 is 14.3 Å². The number of esters is 1.